The van der Waals surface area contributed by atoms with Crippen LogP contribution in [-0.2, 0) is 9.59 Å². The van der Waals surface area contributed by atoms with E-state index in [1.807, 2.05) is 0 Å². The summed E-state index contributed by atoms with van der Waals surface area (Å²) in [6, 6.07) is 0. The third-order valence-electron chi connectivity index (χ3n) is 4.44. The van der Waals surface area contributed by atoms with Gasteiger partial charge in [-0.25, -0.2) is 0 Å². The zero-order valence-corrected chi connectivity index (χ0v) is 12.3. The maximum atomic E-state index is 12.5. The number of amides is 2. The highest BCUT2D eigenvalue weighted by molar-refractivity contribution is 6.01. The molecular formula is C14H21F3N2O2. The molecule has 1 aliphatic heterocycles. The maximum Gasteiger partial charge on any atom is 0.390 e. The van der Waals surface area contributed by atoms with Crippen molar-refractivity contribution in [1.29, 1.82) is 0 Å². The van der Waals surface area contributed by atoms with Crippen molar-refractivity contribution in [3.8, 4) is 0 Å². The van der Waals surface area contributed by atoms with Crippen LogP contribution in [0, 0.1) is 0 Å². The quantitative estimate of drug-likeness (QED) is 0.851. The van der Waals surface area contributed by atoms with E-state index in [1.165, 1.54) is 18.7 Å². The van der Waals surface area contributed by atoms with Crippen LogP contribution in [0.3, 0.4) is 0 Å². The standard InChI is InChI=1S/C14H21F3N2O2/c1-12(2)11(21)19(9-8-14(15,16)17)13(10(20)18-12)6-4-3-5-7-13/h3-9H2,1-2H3,(H,18,20). The zero-order valence-electron chi connectivity index (χ0n) is 12.3. The van der Waals surface area contributed by atoms with Crippen LogP contribution in [0.25, 0.3) is 0 Å². The van der Waals surface area contributed by atoms with Crippen LogP contribution < -0.4 is 5.32 Å². The van der Waals surface area contributed by atoms with Crippen molar-refractivity contribution in [2.75, 3.05) is 6.54 Å². The monoisotopic (exact) mass is 306 g/mol. The van der Waals surface area contributed by atoms with E-state index in [-0.39, 0.29) is 5.91 Å². The minimum Gasteiger partial charge on any atom is -0.340 e. The number of halogens is 3. The van der Waals surface area contributed by atoms with Crippen molar-refractivity contribution in [2.45, 2.75) is 69.6 Å². The lowest BCUT2D eigenvalue weighted by molar-refractivity contribution is -0.171. The van der Waals surface area contributed by atoms with Gasteiger partial charge in [0.25, 0.3) is 0 Å². The van der Waals surface area contributed by atoms with Gasteiger partial charge in [0.2, 0.25) is 11.8 Å². The second-order valence-corrected chi connectivity index (χ2v) is 6.49. The Kier molecular flexibility index (Phi) is 3.97. The van der Waals surface area contributed by atoms with Gasteiger partial charge in [-0.05, 0) is 26.7 Å². The van der Waals surface area contributed by atoms with Crippen LogP contribution in [-0.4, -0.2) is 40.5 Å². The van der Waals surface area contributed by atoms with Crippen molar-refractivity contribution in [3.63, 3.8) is 0 Å². The van der Waals surface area contributed by atoms with Crippen LogP contribution in [0.5, 0.6) is 0 Å². The van der Waals surface area contributed by atoms with E-state index in [1.54, 1.807) is 0 Å². The fraction of sp³-hybridized carbons (Fsp3) is 0.857. The lowest BCUT2D eigenvalue weighted by Gasteiger charge is -2.52. The van der Waals surface area contributed by atoms with Crippen LogP contribution in [0.1, 0.15) is 52.4 Å². The van der Waals surface area contributed by atoms with Gasteiger partial charge in [-0.2, -0.15) is 13.2 Å². The normalized spacial score (nSPS) is 25.1. The Morgan fingerprint density at radius 3 is 2.24 bits per heavy atom. The molecule has 0 bridgehead atoms. The van der Waals surface area contributed by atoms with Crippen molar-refractivity contribution in [1.82, 2.24) is 10.2 Å². The summed E-state index contributed by atoms with van der Waals surface area (Å²) in [5.74, 6) is -0.734. The molecule has 1 spiro atoms. The van der Waals surface area contributed by atoms with E-state index in [2.05, 4.69) is 5.32 Å². The Morgan fingerprint density at radius 1 is 1.14 bits per heavy atom. The Morgan fingerprint density at radius 2 is 1.71 bits per heavy atom. The topological polar surface area (TPSA) is 49.4 Å². The molecule has 0 aromatic carbocycles. The SMILES string of the molecule is CC1(C)NC(=O)C2(CCCCC2)N(CCC(F)(F)F)C1=O. The van der Waals surface area contributed by atoms with Crippen LogP contribution >= 0.6 is 0 Å². The lowest BCUT2D eigenvalue weighted by Crippen LogP contribution is -2.74. The number of alkyl halides is 3. The summed E-state index contributed by atoms with van der Waals surface area (Å²) in [7, 11) is 0. The molecule has 2 aliphatic rings. The molecule has 2 fully saturated rings. The van der Waals surface area contributed by atoms with Gasteiger partial charge in [0, 0.05) is 6.54 Å². The second kappa shape index (κ2) is 5.18. The van der Waals surface area contributed by atoms with Crippen LogP contribution in [0.2, 0.25) is 0 Å². The van der Waals surface area contributed by atoms with Crippen molar-refractivity contribution < 1.29 is 22.8 Å². The highest BCUT2D eigenvalue weighted by Gasteiger charge is 2.55. The highest BCUT2D eigenvalue weighted by atomic mass is 19.4. The van der Waals surface area contributed by atoms with Crippen LogP contribution in [0.15, 0.2) is 0 Å². The third kappa shape index (κ3) is 3.01. The van der Waals surface area contributed by atoms with E-state index in [9.17, 15) is 22.8 Å². The van der Waals surface area contributed by atoms with E-state index in [4.69, 9.17) is 0 Å². The smallest absolute Gasteiger partial charge is 0.340 e. The van der Waals surface area contributed by atoms with Gasteiger partial charge < -0.3 is 10.2 Å². The molecule has 7 heteroatoms. The molecule has 21 heavy (non-hydrogen) atoms. The maximum absolute atomic E-state index is 12.5. The number of hydrogen-bond donors (Lipinski definition) is 1. The number of carbonyl (C=O) groups is 2. The molecule has 120 valence electrons. The largest absolute Gasteiger partial charge is 0.390 e. The first-order valence-corrected chi connectivity index (χ1v) is 7.30. The molecule has 0 atom stereocenters. The molecule has 0 unspecified atom stereocenters. The summed E-state index contributed by atoms with van der Waals surface area (Å²) in [5.41, 5.74) is -2.23. The van der Waals surface area contributed by atoms with Crippen LogP contribution in [0.4, 0.5) is 13.2 Å². The average molecular weight is 306 g/mol. The average Bonchev–Trinajstić information content (AvgIpc) is 2.36. The highest BCUT2D eigenvalue weighted by Crippen LogP contribution is 2.39. The molecular weight excluding hydrogens is 285 g/mol. The summed E-state index contributed by atoms with van der Waals surface area (Å²) in [6.07, 6.45) is -2.08. The van der Waals surface area contributed by atoms with Gasteiger partial charge in [0.05, 0.1) is 6.42 Å². The number of nitrogens with zero attached hydrogens (tertiary/aromatic N) is 1. The second-order valence-electron chi connectivity index (χ2n) is 6.49. The predicted molar refractivity (Wildman–Crippen MR) is 70.4 cm³/mol. The Labute approximate surface area is 122 Å². The van der Waals surface area contributed by atoms with Crippen molar-refractivity contribution in [2.24, 2.45) is 0 Å². The number of rotatable bonds is 2. The summed E-state index contributed by atoms with van der Waals surface area (Å²) < 4.78 is 37.6. The molecule has 4 nitrogen and oxygen atoms in total. The summed E-state index contributed by atoms with van der Waals surface area (Å²) in [6.45, 7) is 2.62. The van der Waals surface area contributed by atoms with E-state index in [0.717, 1.165) is 19.3 Å². The minimum atomic E-state index is -4.34. The van der Waals surface area contributed by atoms with Gasteiger partial charge in [-0.1, -0.05) is 19.3 Å². The molecule has 2 rings (SSSR count). The number of nitrogens with one attached hydrogen (secondary N) is 1. The van der Waals surface area contributed by atoms with E-state index >= 15 is 0 Å². The Bertz CT molecular complexity index is 440. The first-order valence-electron chi connectivity index (χ1n) is 7.30. The van der Waals surface area contributed by atoms with Gasteiger partial charge in [-0.3, -0.25) is 9.59 Å². The fourth-order valence-electron chi connectivity index (χ4n) is 3.30. The summed E-state index contributed by atoms with van der Waals surface area (Å²) in [5, 5.41) is 2.68. The van der Waals surface area contributed by atoms with Gasteiger partial charge >= 0.3 is 6.18 Å². The molecule has 1 heterocycles. The molecule has 0 aromatic heterocycles. The molecule has 0 aromatic rings. The lowest BCUT2D eigenvalue weighted by atomic mass is 9.76. The zero-order chi connectivity index (χ0) is 15.9. The van der Waals surface area contributed by atoms with Gasteiger partial charge in [0.1, 0.15) is 11.1 Å². The van der Waals surface area contributed by atoms with E-state index in [0.29, 0.717) is 12.8 Å². The number of hydrogen-bond acceptors (Lipinski definition) is 2. The molecule has 1 saturated heterocycles. The Balaban J connectivity index is 2.31. The minimum absolute atomic E-state index is 0.311. The first kappa shape index (κ1) is 16.1. The molecule has 2 amide bonds. The number of carbonyl (C=O) groups excluding carboxylic acids is 2. The molecule has 1 saturated carbocycles. The fourth-order valence-corrected chi connectivity index (χ4v) is 3.30. The van der Waals surface area contributed by atoms with Crippen molar-refractivity contribution in [3.05, 3.63) is 0 Å². The van der Waals surface area contributed by atoms with Gasteiger partial charge in [0.15, 0.2) is 0 Å². The molecule has 0 radical (unpaired) electrons. The summed E-state index contributed by atoms with van der Waals surface area (Å²) in [4.78, 5) is 26.2. The van der Waals surface area contributed by atoms with E-state index < -0.39 is 36.1 Å². The Hall–Kier alpha value is -1.27. The first-order chi connectivity index (χ1) is 9.58. The molecule has 1 aliphatic carbocycles. The van der Waals surface area contributed by atoms with Gasteiger partial charge in [-0.15, -0.1) is 0 Å². The third-order valence-corrected chi connectivity index (χ3v) is 4.44. The summed E-state index contributed by atoms with van der Waals surface area (Å²) >= 11 is 0. The molecule has 1 N–H and O–H groups in total. The van der Waals surface area contributed by atoms with Crippen molar-refractivity contribution >= 4 is 11.8 Å². The number of piperazine rings is 1. The predicted octanol–water partition coefficient (Wildman–Crippen LogP) is 2.38.